The Bertz CT molecular complexity index is 339. The highest BCUT2D eigenvalue weighted by Gasteiger charge is 2.35. The molecule has 0 heterocycles. The Hall–Kier alpha value is -1.20. The van der Waals surface area contributed by atoms with E-state index < -0.39 is 34.8 Å². The summed E-state index contributed by atoms with van der Waals surface area (Å²) in [5.74, 6) is -12.2. The average molecular weight is 213 g/mol. The summed E-state index contributed by atoms with van der Waals surface area (Å²) in [6.45, 7) is 0.132. The Labute approximate surface area is 75.2 Å². The van der Waals surface area contributed by atoms with Crippen LogP contribution in [0.5, 0.6) is 0 Å². The average Bonchev–Trinajstić information content (AvgIpc) is 1.98. The summed E-state index contributed by atoms with van der Waals surface area (Å²) >= 11 is 0. The van der Waals surface area contributed by atoms with Gasteiger partial charge in [0.1, 0.15) is 0 Å². The van der Waals surface area contributed by atoms with E-state index in [0.717, 1.165) is 6.07 Å². The van der Waals surface area contributed by atoms with Crippen molar-refractivity contribution < 1.29 is 26.3 Å². The first-order valence-electron chi connectivity index (χ1n) is 3.38. The van der Waals surface area contributed by atoms with E-state index in [1.807, 2.05) is 0 Å². The maximum absolute atomic E-state index is 12.6. The number of alkyl halides is 2. The predicted octanol–water partition coefficient (Wildman–Crippen LogP) is 3.15. The van der Waals surface area contributed by atoms with Crippen LogP contribution in [0.1, 0.15) is 12.5 Å². The second-order valence-electron chi connectivity index (χ2n) is 2.64. The molecule has 0 aromatic heterocycles. The topological polar surface area (TPSA) is 0 Å². The standard InChI is InChI=1S/C8H3F6/c1-8(13,14)5-6(11)3(9)2-4(10)7(5)12/h1H3. The van der Waals surface area contributed by atoms with E-state index in [4.69, 9.17) is 0 Å². The lowest BCUT2D eigenvalue weighted by atomic mass is 10.1. The molecule has 0 N–H and O–H groups in total. The molecule has 0 saturated carbocycles. The van der Waals surface area contributed by atoms with E-state index in [1.165, 1.54) is 0 Å². The summed E-state index contributed by atoms with van der Waals surface area (Å²) in [7, 11) is 0. The van der Waals surface area contributed by atoms with Crippen molar-refractivity contribution in [3.8, 4) is 0 Å². The smallest absolute Gasteiger partial charge is 0.203 e. The van der Waals surface area contributed by atoms with Crippen molar-refractivity contribution in [2.75, 3.05) is 0 Å². The minimum atomic E-state index is -4.00. The van der Waals surface area contributed by atoms with Gasteiger partial charge in [-0.2, -0.15) is 0 Å². The van der Waals surface area contributed by atoms with Gasteiger partial charge in [0.15, 0.2) is 23.3 Å². The minimum Gasteiger partial charge on any atom is -0.203 e. The van der Waals surface area contributed by atoms with Gasteiger partial charge in [-0.1, -0.05) is 0 Å². The summed E-state index contributed by atoms with van der Waals surface area (Å²) in [5.41, 5.74) is -1.92. The van der Waals surface area contributed by atoms with Crippen molar-refractivity contribution in [2.24, 2.45) is 0 Å². The summed E-state index contributed by atoms with van der Waals surface area (Å²) < 4.78 is 75.1. The van der Waals surface area contributed by atoms with Crippen LogP contribution < -0.4 is 0 Å². The molecule has 0 atom stereocenters. The fourth-order valence-corrected chi connectivity index (χ4v) is 0.907. The third-order valence-corrected chi connectivity index (χ3v) is 1.48. The molecule has 0 fully saturated rings. The Balaban J connectivity index is 3.56. The molecule has 0 aliphatic carbocycles. The highest BCUT2D eigenvalue weighted by molar-refractivity contribution is 5.25. The van der Waals surface area contributed by atoms with E-state index in [9.17, 15) is 26.3 Å². The van der Waals surface area contributed by atoms with E-state index in [0.29, 0.717) is 0 Å². The van der Waals surface area contributed by atoms with Gasteiger partial charge in [0, 0.05) is 6.92 Å². The zero-order chi connectivity index (χ0) is 11.1. The van der Waals surface area contributed by atoms with Crippen LogP contribution in [0, 0.1) is 29.3 Å². The number of halogens is 6. The van der Waals surface area contributed by atoms with Crippen LogP contribution >= 0.6 is 0 Å². The largest absolute Gasteiger partial charge is 0.276 e. The van der Waals surface area contributed by atoms with Crippen LogP contribution in [0.3, 0.4) is 0 Å². The Kier molecular flexibility index (Phi) is 2.47. The Morgan fingerprint density at radius 1 is 0.929 bits per heavy atom. The summed E-state index contributed by atoms with van der Waals surface area (Å²) in [4.78, 5) is 0. The van der Waals surface area contributed by atoms with Gasteiger partial charge in [-0.25, -0.2) is 26.3 Å². The summed E-state index contributed by atoms with van der Waals surface area (Å²) in [6.07, 6.45) is 0. The first-order chi connectivity index (χ1) is 6.25. The second kappa shape index (κ2) is 3.18. The van der Waals surface area contributed by atoms with Gasteiger partial charge < -0.3 is 0 Å². The van der Waals surface area contributed by atoms with Crippen LogP contribution in [0.4, 0.5) is 26.3 Å². The van der Waals surface area contributed by atoms with Crippen LogP contribution in [0.15, 0.2) is 0 Å². The maximum atomic E-state index is 12.6. The van der Waals surface area contributed by atoms with E-state index >= 15 is 0 Å². The van der Waals surface area contributed by atoms with Crippen LogP contribution in [-0.2, 0) is 5.92 Å². The lowest BCUT2D eigenvalue weighted by Gasteiger charge is -2.12. The van der Waals surface area contributed by atoms with E-state index in [2.05, 4.69) is 0 Å². The fourth-order valence-electron chi connectivity index (χ4n) is 0.907. The third kappa shape index (κ3) is 1.69. The van der Waals surface area contributed by atoms with Crippen LogP contribution in [0.2, 0.25) is 0 Å². The normalized spacial score (nSPS) is 11.9. The molecule has 0 nitrogen and oxygen atoms in total. The number of hydrogen-bond acceptors (Lipinski definition) is 0. The lowest BCUT2D eigenvalue weighted by molar-refractivity contribution is 0.00824. The molecule has 14 heavy (non-hydrogen) atoms. The summed E-state index contributed by atoms with van der Waals surface area (Å²) in [6, 6.07) is 1.00. The molecule has 0 amide bonds. The van der Waals surface area contributed by atoms with Crippen molar-refractivity contribution in [2.45, 2.75) is 12.8 Å². The van der Waals surface area contributed by atoms with Crippen LogP contribution in [0.25, 0.3) is 0 Å². The minimum absolute atomic E-state index is 0.132. The Morgan fingerprint density at radius 2 is 1.29 bits per heavy atom. The molecular weight excluding hydrogens is 210 g/mol. The molecule has 6 heteroatoms. The molecule has 1 aromatic rings. The lowest BCUT2D eigenvalue weighted by Crippen LogP contribution is -2.15. The van der Waals surface area contributed by atoms with Gasteiger partial charge in [-0.05, 0) is 0 Å². The number of hydrogen-bond donors (Lipinski definition) is 0. The zero-order valence-corrected chi connectivity index (χ0v) is 6.77. The fraction of sp³-hybridized carbons (Fsp3) is 0.250. The van der Waals surface area contributed by atoms with E-state index in [-0.39, 0.29) is 6.92 Å². The molecule has 0 bridgehead atoms. The third-order valence-electron chi connectivity index (χ3n) is 1.48. The molecular formula is C8H3F6. The first kappa shape index (κ1) is 10.9. The molecule has 1 radical (unpaired) electrons. The molecule has 0 aliphatic heterocycles. The van der Waals surface area contributed by atoms with Gasteiger partial charge in [-0.15, -0.1) is 0 Å². The quantitative estimate of drug-likeness (QED) is 0.496. The molecule has 0 saturated heterocycles. The van der Waals surface area contributed by atoms with E-state index in [1.54, 1.807) is 0 Å². The van der Waals surface area contributed by atoms with Crippen molar-refractivity contribution in [3.63, 3.8) is 0 Å². The molecule has 0 aliphatic rings. The molecule has 77 valence electrons. The number of benzene rings is 1. The summed E-state index contributed by atoms with van der Waals surface area (Å²) in [5, 5.41) is 0. The molecule has 0 spiro atoms. The predicted molar refractivity (Wildman–Crippen MR) is 34.7 cm³/mol. The number of rotatable bonds is 1. The van der Waals surface area contributed by atoms with Crippen molar-refractivity contribution in [1.82, 2.24) is 0 Å². The van der Waals surface area contributed by atoms with Crippen molar-refractivity contribution in [1.29, 1.82) is 0 Å². The molecule has 0 unspecified atom stereocenters. The van der Waals surface area contributed by atoms with Crippen molar-refractivity contribution in [3.05, 3.63) is 34.9 Å². The molecule has 1 aromatic carbocycles. The van der Waals surface area contributed by atoms with Gasteiger partial charge in [0.05, 0.1) is 11.6 Å². The van der Waals surface area contributed by atoms with Gasteiger partial charge in [0.2, 0.25) is 0 Å². The van der Waals surface area contributed by atoms with Crippen LogP contribution in [-0.4, -0.2) is 0 Å². The maximum Gasteiger partial charge on any atom is 0.276 e. The van der Waals surface area contributed by atoms with Crippen molar-refractivity contribution >= 4 is 0 Å². The van der Waals surface area contributed by atoms with Gasteiger partial charge in [0.25, 0.3) is 5.92 Å². The van der Waals surface area contributed by atoms with Gasteiger partial charge >= 0.3 is 0 Å². The zero-order valence-electron chi connectivity index (χ0n) is 6.77. The first-order valence-corrected chi connectivity index (χ1v) is 3.38. The monoisotopic (exact) mass is 213 g/mol. The highest BCUT2D eigenvalue weighted by Crippen LogP contribution is 2.33. The van der Waals surface area contributed by atoms with Gasteiger partial charge in [-0.3, -0.25) is 0 Å². The Morgan fingerprint density at radius 3 is 1.57 bits per heavy atom. The SMILES string of the molecule is CC(F)(F)c1c(F)c(F)[c]c(F)c1F. The second-order valence-corrected chi connectivity index (χ2v) is 2.64. The molecule has 1 rings (SSSR count). The highest BCUT2D eigenvalue weighted by atomic mass is 19.3.